The molecule has 0 aliphatic heterocycles. The SMILES string of the molecule is CCc1ccc(C)c(C(O)CNC)c1. The molecule has 0 saturated carbocycles. The van der Waals surface area contributed by atoms with E-state index in [-0.39, 0.29) is 0 Å². The lowest BCUT2D eigenvalue weighted by Gasteiger charge is -2.14. The number of aryl methyl sites for hydroxylation is 2. The van der Waals surface area contributed by atoms with Crippen LogP contribution in [0.4, 0.5) is 0 Å². The fraction of sp³-hybridized carbons (Fsp3) is 0.500. The molecule has 1 unspecified atom stereocenters. The van der Waals surface area contributed by atoms with Crippen LogP contribution in [0, 0.1) is 6.92 Å². The third-order valence-electron chi connectivity index (χ3n) is 2.51. The zero-order valence-corrected chi connectivity index (χ0v) is 9.17. The average molecular weight is 193 g/mol. The maximum Gasteiger partial charge on any atom is 0.0916 e. The second-order valence-corrected chi connectivity index (χ2v) is 3.62. The molecule has 78 valence electrons. The highest BCUT2D eigenvalue weighted by atomic mass is 16.3. The summed E-state index contributed by atoms with van der Waals surface area (Å²) in [5.41, 5.74) is 3.48. The van der Waals surface area contributed by atoms with Crippen molar-refractivity contribution in [2.24, 2.45) is 0 Å². The quantitative estimate of drug-likeness (QED) is 0.764. The molecular formula is C12H19NO. The van der Waals surface area contributed by atoms with Crippen LogP contribution in [-0.4, -0.2) is 18.7 Å². The summed E-state index contributed by atoms with van der Waals surface area (Å²) in [6.45, 7) is 4.76. The van der Waals surface area contributed by atoms with Gasteiger partial charge in [0.2, 0.25) is 0 Å². The zero-order chi connectivity index (χ0) is 10.6. The van der Waals surface area contributed by atoms with E-state index in [1.807, 2.05) is 14.0 Å². The minimum absolute atomic E-state index is 0.397. The van der Waals surface area contributed by atoms with E-state index >= 15 is 0 Å². The van der Waals surface area contributed by atoms with Gasteiger partial charge in [0.25, 0.3) is 0 Å². The molecule has 1 aromatic rings. The largest absolute Gasteiger partial charge is 0.387 e. The summed E-state index contributed by atoms with van der Waals surface area (Å²) in [6.07, 6.45) is 0.617. The van der Waals surface area contributed by atoms with Gasteiger partial charge in [-0.05, 0) is 37.1 Å². The van der Waals surface area contributed by atoms with E-state index < -0.39 is 6.10 Å². The summed E-state index contributed by atoms with van der Waals surface area (Å²) < 4.78 is 0. The summed E-state index contributed by atoms with van der Waals surface area (Å²) in [5, 5.41) is 12.8. The molecule has 1 rings (SSSR count). The molecule has 0 heterocycles. The summed E-state index contributed by atoms with van der Waals surface area (Å²) in [5.74, 6) is 0. The van der Waals surface area contributed by atoms with Gasteiger partial charge in [-0.1, -0.05) is 25.1 Å². The number of likely N-dealkylation sites (N-methyl/N-ethyl adjacent to an activating group) is 1. The van der Waals surface area contributed by atoms with Crippen LogP contribution >= 0.6 is 0 Å². The van der Waals surface area contributed by atoms with Gasteiger partial charge in [0.1, 0.15) is 0 Å². The lowest BCUT2D eigenvalue weighted by molar-refractivity contribution is 0.177. The summed E-state index contributed by atoms with van der Waals surface area (Å²) >= 11 is 0. The van der Waals surface area contributed by atoms with E-state index in [0.717, 1.165) is 17.5 Å². The molecule has 0 fully saturated rings. The Kier molecular flexibility index (Phi) is 4.11. The Labute approximate surface area is 86.0 Å². The van der Waals surface area contributed by atoms with Crippen molar-refractivity contribution in [1.29, 1.82) is 0 Å². The molecule has 0 saturated heterocycles. The minimum Gasteiger partial charge on any atom is -0.387 e. The first-order valence-corrected chi connectivity index (χ1v) is 5.11. The average Bonchev–Trinajstić information content (AvgIpc) is 2.19. The van der Waals surface area contributed by atoms with E-state index in [4.69, 9.17) is 0 Å². The highest BCUT2D eigenvalue weighted by molar-refractivity contribution is 5.32. The van der Waals surface area contributed by atoms with Crippen molar-refractivity contribution in [1.82, 2.24) is 5.32 Å². The molecule has 0 amide bonds. The maximum absolute atomic E-state index is 9.86. The summed E-state index contributed by atoms with van der Waals surface area (Å²) in [7, 11) is 1.85. The van der Waals surface area contributed by atoms with Crippen molar-refractivity contribution in [3.8, 4) is 0 Å². The zero-order valence-electron chi connectivity index (χ0n) is 9.17. The van der Waals surface area contributed by atoms with E-state index in [2.05, 4.69) is 30.4 Å². The second-order valence-electron chi connectivity index (χ2n) is 3.62. The van der Waals surface area contributed by atoms with Gasteiger partial charge in [-0.15, -0.1) is 0 Å². The molecule has 0 radical (unpaired) electrons. The lowest BCUT2D eigenvalue weighted by atomic mass is 9.99. The lowest BCUT2D eigenvalue weighted by Crippen LogP contribution is -2.17. The fourth-order valence-corrected chi connectivity index (χ4v) is 1.57. The number of benzene rings is 1. The van der Waals surface area contributed by atoms with Crippen molar-refractivity contribution in [3.05, 3.63) is 34.9 Å². The standard InChI is InChI=1S/C12H19NO/c1-4-10-6-5-9(2)11(7-10)12(14)8-13-3/h5-7,12-14H,4,8H2,1-3H3. The molecule has 0 aromatic heterocycles. The first kappa shape index (κ1) is 11.2. The summed E-state index contributed by atoms with van der Waals surface area (Å²) in [4.78, 5) is 0. The second kappa shape index (κ2) is 5.13. The van der Waals surface area contributed by atoms with Gasteiger partial charge in [-0.2, -0.15) is 0 Å². The Morgan fingerprint density at radius 3 is 2.71 bits per heavy atom. The van der Waals surface area contributed by atoms with Crippen molar-refractivity contribution in [2.75, 3.05) is 13.6 Å². The molecule has 14 heavy (non-hydrogen) atoms. The Balaban J connectivity index is 2.93. The van der Waals surface area contributed by atoms with Crippen molar-refractivity contribution in [3.63, 3.8) is 0 Å². The normalized spacial score (nSPS) is 12.9. The maximum atomic E-state index is 9.86. The van der Waals surface area contributed by atoms with Crippen LogP contribution in [-0.2, 0) is 6.42 Å². The van der Waals surface area contributed by atoms with E-state index in [9.17, 15) is 5.11 Å². The number of aliphatic hydroxyl groups is 1. The summed E-state index contributed by atoms with van der Waals surface area (Å²) in [6, 6.07) is 6.29. The first-order valence-electron chi connectivity index (χ1n) is 5.11. The van der Waals surface area contributed by atoms with E-state index in [1.54, 1.807) is 0 Å². The number of nitrogens with one attached hydrogen (secondary N) is 1. The monoisotopic (exact) mass is 193 g/mol. The van der Waals surface area contributed by atoms with Crippen LogP contribution in [0.2, 0.25) is 0 Å². The smallest absolute Gasteiger partial charge is 0.0916 e. The Bertz CT molecular complexity index is 296. The van der Waals surface area contributed by atoms with Crippen molar-refractivity contribution in [2.45, 2.75) is 26.4 Å². The van der Waals surface area contributed by atoms with Crippen LogP contribution in [0.25, 0.3) is 0 Å². The minimum atomic E-state index is -0.397. The van der Waals surface area contributed by atoms with Crippen LogP contribution in [0.15, 0.2) is 18.2 Å². The molecule has 1 atom stereocenters. The van der Waals surface area contributed by atoms with Gasteiger partial charge in [0.15, 0.2) is 0 Å². The first-order chi connectivity index (χ1) is 6.69. The number of rotatable bonds is 4. The third-order valence-corrected chi connectivity index (χ3v) is 2.51. The highest BCUT2D eigenvalue weighted by Gasteiger charge is 2.09. The topological polar surface area (TPSA) is 32.3 Å². The van der Waals surface area contributed by atoms with Crippen LogP contribution in [0.1, 0.15) is 29.7 Å². The third kappa shape index (κ3) is 2.56. The highest BCUT2D eigenvalue weighted by Crippen LogP contribution is 2.19. The molecular weight excluding hydrogens is 174 g/mol. The van der Waals surface area contributed by atoms with Crippen molar-refractivity contribution >= 4 is 0 Å². The molecule has 0 spiro atoms. The Hall–Kier alpha value is -0.860. The van der Waals surface area contributed by atoms with Crippen LogP contribution in [0.3, 0.4) is 0 Å². The van der Waals surface area contributed by atoms with Gasteiger partial charge < -0.3 is 10.4 Å². The molecule has 2 heteroatoms. The molecule has 2 N–H and O–H groups in total. The number of aliphatic hydroxyl groups excluding tert-OH is 1. The predicted molar refractivity (Wildman–Crippen MR) is 59.4 cm³/mol. The molecule has 2 nitrogen and oxygen atoms in total. The molecule has 0 bridgehead atoms. The molecule has 0 aliphatic rings. The fourth-order valence-electron chi connectivity index (χ4n) is 1.57. The van der Waals surface area contributed by atoms with Gasteiger partial charge in [-0.3, -0.25) is 0 Å². The van der Waals surface area contributed by atoms with Gasteiger partial charge >= 0.3 is 0 Å². The number of hydrogen-bond acceptors (Lipinski definition) is 2. The Morgan fingerprint density at radius 1 is 1.43 bits per heavy atom. The van der Waals surface area contributed by atoms with Crippen molar-refractivity contribution < 1.29 is 5.11 Å². The number of hydrogen-bond donors (Lipinski definition) is 2. The van der Waals surface area contributed by atoms with Crippen LogP contribution < -0.4 is 5.32 Å². The molecule has 1 aromatic carbocycles. The van der Waals surface area contributed by atoms with Gasteiger partial charge in [-0.25, -0.2) is 0 Å². The van der Waals surface area contributed by atoms with Gasteiger partial charge in [0, 0.05) is 6.54 Å². The van der Waals surface area contributed by atoms with E-state index in [0.29, 0.717) is 6.54 Å². The Morgan fingerprint density at radius 2 is 2.14 bits per heavy atom. The van der Waals surface area contributed by atoms with Crippen LogP contribution in [0.5, 0.6) is 0 Å². The molecule has 0 aliphatic carbocycles. The van der Waals surface area contributed by atoms with Gasteiger partial charge in [0.05, 0.1) is 6.10 Å². The predicted octanol–water partition coefficient (Wildman–Crippen LogP) is 1.81. The van der Waals surface area contributed by atoms with E-state index in [1.165, 1.54) is 5.56 Å².